The number of hydrogen-bond donors (Lipinski definition) is 1. The van der Waals surface area contributed by atoms with Crippen LogP contribution in [0.4, 0.5) is 0 Å². The van der Waals surface area contributed by atoms with Gasteiger partial charge in [0.05, 0.1) is 0 Å². The number of aryl methyl sites for hydroxylation is 1. The Morgan fingerprint density at radius 3 is 2.37 bits per heavy atom. The minimum atomic E-state index is 0.425. The van der Waals surface area contributed by atoms with Gasteiger partial charge < -0.3 is 9.88 Å². The SMILES string of the molecule is CCNC(C)c1ccn(Cc2ccc(CC)cc2)c1. The molecule has 1 N–H and O–H groups in total. The van der Waals surface area contributed by atoms with Crippen molar-refractivity contribution >= 4 is 0 Å². The van der Waals surface area contributed by atoms with Crippen molar-refractivity contribution in [2.75, 3.05) is 6.54 Å². The van der Waals surface area contributed by atoms with E-state index in [2.05, 4.69) is 73.4 Å². The maximum atomic E-state index is 3.44. The zero-order chi connectivity index (χ0) is 13.7. The lowest BCUT2D eigenvalue weighted by molar-refractivity contribution is 0.596. The van der Waals surface area contributed by atoms with Crippen LogP contribution in [0.1, 0.15) is 43.5 Å². The number of aromatic nitrogens is 1. The second-order valence-electron chi connectivity index (χ2n) is 5.07. The zero-order valence-corrected chi connectivity index (χ0v) is 12.2. The second kappa shape index (κ2) is 6.58. The van der Waals surface area contributed by atoms with Gasteiger partial charge in [0.25, 0.3) is 0 Å². The van der Waals surface area contributed by atoms with Crippen LogP contribution in [-0.4, -0.2) is 11.1 Å². The molecule has 1 aromatic carbocycles. The number of nitrogens with one attached hydrogen (secondary N) is 1. The van der Waals surface area contributed by atoms with E-state index in [0.717, 1.165) is 19.5 Å². The Hall–Kier alpha value is -1.54. The van der Waals surface area contributed by atoms with Crippen LogP contribution in [0, 0.1) is 0 Å². The van der Waals surface area contributed by atoms with E-state index in [1.807, 2.05) is 0 Å². The Balaban J connectivity index is 2.02. The molecular formula is C17H24N2. The number of hydrogen-bond acceptors (Lipinski definition) is 1. The summed E-state index contributed by atoms with van der Waals surface area (Å²) < 4.78 is 2.25. The molecule has 2 heteroatoms. The van der Waals surface area contributed by atoms with Crippen molar-refractivity contribution in [3.05, 3.63) is 59.4 Å². The van der Waals surface area contributed by atoms with E-state index in [4.69, 9.17) is 0 Å². The van der Waals surface area contributed by atoms with Gasteiger partial charge in [0.2, 0.25) is 0 Å². The average molecular weight is 256 g/mol. The zero-order valence-electron chi connectivity index (χ0n) is 12.2. The molecule has 19 heavy (non-hydrogen) atoms. The van der Waals surface area contributed by atoms with Crippen LogP contribution in [0.5, 0.6) is 0 Å². The van der Waals surface area contributed by atoms with Crippen molar-refractivity contribution in [3.63, 3.8) is 0 Å². The van der Waals surface area contributed by atoms with Gasteiger partial charge in [-0.05, 0) is 42.6 Å². The molecule has 0 amide bonds. The molecule has 0 saturated carbocycles. The van der Waals surface area contributed by atoms with Gasteiger partial charge in [0, 0.05) is 25.0 Å². The molecule has 2 nitrogen and oxygen atoms in total. The standard InChI is InChI=1S/C17H24N2/c1-4-15-6-8-16(9-7-15)12-19-11-10-17(13-19)14(3)18-5-2/h6-11,13-14,18H,4-5,12H2,1-3H3. The summed E-state index contributed by atoms with van der Waals surface area (Å²) in [6.45, 7) is 8.49. The van der Waals surface area contributed by atoms with Gasteiger partial charge in [-0.3, -0.25) is 0 Å². The van der Waals surface area contributed by atoms with Crippen molar-refractivity contribution in [3.8, 4) is 0 Å². The van der Waals surface area contributed by atoms with Crippen LogP contribution in [0.25, 0.3) is 0 Å². The molecule has 0 bridgehead atoms. The summed E-state index contributed by atoms with van der Waals surface area (Å²) in [4.78, 5) is 0. The molecule has 0 radical (unpaired) electrons. The first-order valence-corrected chi connectivity index (χ1v) is 7.19. The van der Waals surface area contributed by atoms with Crippen molar-refractivity contribution < 1.29 is 0 Å². The Kier molecular flexibility index (Phi) is 4.80. The molecule has 1 aromatic heterocycles. The first-order chi connectivity index (χ1) is 9.22. The highest BCUT2D eigenvalue weighted by Crippen LogP contribution is 2.14. The van der Waals surface area contributed by atoms with Gasteiger partial charge in [0.1, 0.15) is 0 Å². The molecule has 0 aliphatic carbocycles. The average Bonchev–Trinajstić information content (AvgIpc) is 2.88. The minimum Gasteiger partial charge on any atom is -0.350 e. The van der Waals surface area contributed by atoms with E-state index < -0.39 is 0 Å². The molecule has 1 unspecified atom stereocenters. The number of rotatable bonds is 6. The third-order valence-electron chi connectivity index (χ3n) is 3.58. The summed E-state index contributed by atoms with van der Waals surface area (Å²) in [6, 6.07) is 11.5. The Morgan fingerprint density at radius 2 is 1.74 bits per heavy atom. The molecular weight excluding hydrogens is 232 g/mol. The summed E-state index contributed by atoms with van der Waals surface area (Å²) >= 11 is 0. The Bertz CT molecular complexity index is 496. The fourth-order valence-corrected chi connectivity index (χ4v) is 2.33. The minimum absolute atomic E-state index is 0.425. The summed E-state index contributed by atoms with van der Waals surface area (Å²) in [5.41, 5.74) is 4.11. The van der Waals surface area contributed by atoms with Gasteiger partial charge >= 0.3 is 0 Å². The van der Waals surface area contributed by atoms with Gasteiger partial charge in [0.15, 0.2) is 0 Å². The van der Waals surface area contributed by atoms with E-state index >= 15 is 0 Å². The van der Waals surface area contributed by atoms with Crippen LogP contribution < -0.4 is 5.32 Å². The highest BCUT2D eigenvalue weighted by Gasteiger charge is 2.05. The van der Waals surface area contributed by atoms with Crippen molar-refractivity contribution in [2.24, 2.45) is 0 Å². The second-order valence-corrected chi connectivity index (χ2v) is 5.07. The first kappa shape index (κ1) is 13.9. The van der Waals surface area contributed by atoms with Crippen LogP contribution in [0.3, 0.4) is 0 Å². The molecule has 0 saturated heterocycles. The monoisotopic (exact) mass is 256 g/mol. The number of nitrogens with zero attached hydrogens (tertiary/aromatic N) is 1. The molecule has 0 aliphatic heterocycles. The van der Waals surface area contributed by atoms with E-state index in [-0.39, 0.29) is 0 Å². The molecule has 1 heterocycles. The third kappa shape index (κ3) is 3.71. The highest BCUT2D eigenvalue weighted by molar-refractivity contribution is 5.23. The molecule has 102 valence electrons. The van der Waals surface area contributed by atoms with Gasteiger partial charge in [-0.1, -0.05) is 38.1 Å². The smallest absolute Gasteiger partial charge is 0.0470 e. The van der Waals surface area contributed by atoms with Crippen LogP contribution >= 0.6 is 0 Å². The third-order valence-corrected chi connectivity index (χ3v) is 3.58. The number of benzene rings is 1. The van der Waals surface area contributed by atoms with Crippen molar-refractivity contribution in [1.82, 2.24) is 9.88 Å². The quantitative estimate of drug-likeness (QED) is 0.832. The lowest BCUT2D eigenvalue weighted by Gasteiger charge is -2.10. The normalized spacial score (nSPS) is 12.6. The summed E-state index contributed by atoms with van der Waals surface area (Å²) in [6.07, 6.45) is 5.51. The van der Waals surface area contributed by atoms with E-state index in [9.17, 15) is 0 Å². The fraction of sp³-hybridized carbons (Fsp3) is 0.412. The van der Waals surface area contributed by atoms with Crippen LogP contribution in [0.15, 0.2) is 42.7 Å². The van der Waals surface area contributed by atoms with Crippen molar-refractivity contribution in [2.45, 2.75) is 39.8 Å². The van der Waals surface area contributed by atoms with Crippen LogP contribution in [0.2, 0.25) is 0 Å². The van der Waals surface area contributed by atoms with Crippen LogP contribution in [-0.2, 0) is 13.0 Å². The maximum absolute atomic E-state index is 3.44. The Labute approximate surface area is 116 Å². The summed E-state index contributed by atoms with van der Waals surface area (Å²) in [5.74, 6) is 0. The predicted octanol–water partition coefficient (Wildman–Crippen LogP) is 3.77. The molecule has 1 atom stereocenters. The first-order valence-electron chi connectivity index (χ1n) is 7.19. The lowest BCUT2D eigenvalue weighted by Crippen LogP contribution is -2.17. The largest absolute Gasteiger partial charge is 0.350 e. The van der Waals surface area contributed by atoms with Gasteiger partial charge in [-0.2, -0.15) is 0 Å². The molecule has 0 fully saturated rings. The van der Waals surface area contributed by atoms with Gasteiger partial charge in [-0.25, -0.2) is 0 Å². The molecule has 2 rings (SSSR count). The maximum Gasteiger partial charge on any atom is 0.0470 e. The lowest BCUT2D eigenvalue weighted by atomic mass is 10.1. The molecule has 0 aliphatic rings. The summed E-state index contributed by atoms with van der Waals surface area (Å²) in [7, 11) is 0. The predicted molar refractivity (Wildman–Crippen MR) is 81.4 cm³/mol. The Morgan fingerprint density at radius 1 is 1.05 bits per heavy atom. The van der Waals surface area contributed by atoms with Crippen molar-refractivity contribution in [1.29, 1.82) is 0 Å². The summed E-state index contributed by atoms with van der Waals surface area (Å²) in [5, 5.41) is 3.44. The molecule has 0 spiro atoms. The van der Waals surface area contributed by atoms with E-state index in [0.29, 0.717) is 6.04 Å². The van der Waals surface area contributed by atoms with E-state index in [1.165, 1.54) is 16.7 Å². The fourth-order valence-electron chi connectivity index (χ4n) is 2.33. The van der Waals surface area contributed by atoms with E-state index in [1.54, 1.807) is 0 Å². The topological polar surface area (TPSA) is 17.0 Å². The highest BCUT2D eigenvalue weighted by atomic mass is 15.0. The molecule has 2 aromatic rings. The van der Waals surface area contributed by atoms with Gasteiger partial charge in [-0.15, -0.1) is 0 Å².